The van der Waals surface area contributed by atoms with Gasteiger partial charge in [-0.05, 0) is 92.9 Å². The van der Waals surface area contributed by atoms with Gasteiger partial charge in [0.05, 0.1) is 60.7 Å². The summed E-state index contributed by atoms with van der Waals surface area (Å²) >= 11 is 0. The van der Waals surface area contributed by atoms with Crippen molar-refractivity contribution in [2.45, 2.75) is 0 Å². The van der Waals surface area contributed by atoms with Crippen LogP contribution in [-0.4, -0.2) is 28.7 Å². The van der Waals surface area contributed by atoms with Gasteiger partial charge in [-0.1, -0.05) is 182 Å². The molecule has 320 valence electrons. The number of benzene rings is 10. The van der Waals surface area contributed by atoms with Crippen molar-refractivity contribution in [1.82, 2.24) is 28.7 Å². The maximum Gasteiger partial charge on any atom is 0.240 e. The quantitative estimate of drug-likeness (QED) is 0.177. The third-order valence-corrected chi connectivity index (χ3v) is 13.2. The normalized spacial score (nSPS) is 15.3. The largest absolute Gasteiger partial charge is 0.308 e. The molecule has 14 aromatic rings. The first-order valence-corrected chi connectivity index (χ1v) is 22.1. The molecule has 0 unspecified atom stereocenters. The Kier molecular flexibility index (Phi) is 5.38. The van der Waals surface area contributed by atoms with Gasteiger partial charge in [0.1, 0.15) is 0 Å². The minimum Gasteiger partial charge on any atom is -0.308 e. The number of rotatable bonds is 4. The third kappa shape index (κ3) is 5.45. The number of para-hydroxylation sites is 6. The molecule has 0 saturated heterocycles. The Morgan fingerprint density at radius 3 is 1.01 bits per heavy atom. The molecule has 6 nitrogen and oxygen atoms in total. The average molecular weight is 895 g/mol. The van der Waals surface area contributed by atoms with Crippen LogP contribution in [0.4, 0.5) is 0 Å². The molecule has 0 aliphatic heterocycles. The summed E-state index contributed by atoms with van der Waals surface area (Å²) in [5.41, 5.74) is 7.97. The number of aromatic nitrogens is 6. The van der Waals surface area contributed by atoms with Gasteiger partial charge in [0.15, 0.2) is 5.82 Å². The van der Waals surface area contributed by atoms with Crippen molar-refractivity contribution in [2.24, 2.45) is 0 Å². The number of nitrogens with zero attached hydrogens (tertiary/aromatic N) is 6. The lowest BCUT2D eigenvalue weighted by Gasteiger charge is -2.25. The van der Waals surface area contributed by atoms with E-state index in [4.69, 9.17) is 25.9 Å². The molecule has 0 amide bonds. The van der Waals surface area contributed by atoms with Crippen molar-refractivity contribution in [2.75, 3.05) is 0 Å². The fourth-order valence-corrected chi connectivity index (χ4v) is 10.4. The molecule has 1 aliphatic carbocycles. The SMILES string of the molecule is [2H]c1c([2H])c([2H])c2c(c1[2H])c1c([2H])c([2H])c([2H])c([2H])c1n2-c1nc(-c2cc3c(cc2-n2c4ccccc4c4ccccc42)-c2ccccc2-c2ccccc2-c2ccccc2-3)nc(-n2c3c([2H])c([2H])c([2H])c([2H])c3c3c([2H])c([2H])c([2H])c([2H])c32)n1. The lowest BCUT2D eigenvalue weighted by atomic mass is 9.80. The molecule has 0 N–H and O–H groups in total. The summed E-state index contributed by atoms with van der Waals surface area (Å²) in [7, 11) is 0. The molecule has 69 heavy (non-hydrogen) atoms. The van der Waals surface area contributed by atoms with Crippen molar-refractivity contribution in [3.8, 4) is 73.5 Å². The van der Waals surface area contributed by atoms with Gasteiger partial charge in [-0.25, -0.2) is 0 Å². The van der Waals surface area contributed by atoms with E-state index in [0.717, 1.165) is 69.9 Å². The van der Waals surface area contributed by atoms with Gasteiger partial charge in [0.2, 0.25) is 11.9 Å². The highest BCUT2D eigenvalue weighted by Crippen LogP contribution is 2.50. The fraction of sp³-hybridized carbons (Fsp3) is 0. The van der Waals surface area contributed by atoms with Crippen molar-refractivity contribution in [3.05, 3.63) is 230 Å². The van der Waals surface area contributed by atoms with Gasteiger partial charge in [0, 0.05) is 37.9 Å². The second-order valence-electron chi connectivity index (χ2n) is 16.7. The summed E-state index contributed by atoms with van der Waals surface area (Å²) in [6.45, 7) is 0. The van der Waals surface area contributed by atoms with Gasteiger partial charge in [-0.3, -0.25) is 9.13 Å². The Bertz CT molecular complexity index is 5030. The molecule has 0 fully saturated rings. The van der Waals surface area contributed by atoms with Gasteiger partial charge in [-0.2, -0.15) is 15.0 Å². The van der Waals surface area contributed by atoms with Crippen LogP contribution in [-0.2, 0) is 0 Å². The lowest BCUT2D eigenvalue weighted by molar-refractivity contribution is 0.892. The van der Waals surface area contributed by atoms with Crippen LogP contribution in [0, 0.1) is 0 Å². The predicted molar refractivity (Wildman–Crippen MR) is 284 cm³/mol. The molecule has 0 radical (unpaired) electrons. The molecule has 1 aliphatic rings. The van der Waals surface area contributed by atoms with Crippen LogP contribution in [0.25, 0.3) is 139 Å². The summed E-state index contributed by atoms with van der Waals surface area (Å²) in [5, 5.41) is 0.682. The minimum atomic E-state index is -0.712. The van der Waals surface area contributed by atoms with Crippen LogP contribution in [0.3, 0.4) is 0 Å². The first-order valence-electron chi connectivity index (χ1n) is 30.1. The van der Waals surface area contributed by atoms with E-state index in [1.165, 1.54) is 0 Å². The highest BCUT2D eigenvalue weighted by atomic mass is 15.3. The third-order valence-electron chi connectivity index (χ3n) is 13.2. The Balaban J connectivity index is 1.20. The van der Waals surface area contributed by atoms with Gasteiger partial charge in [-0.15, -0.1) is 0 Å². The molecule has 0 bridgehead atoms. The van der Waals surface area contributed by atoms with E-state index in [0.29, 0.717) is 16.8 Å². The zero-order chi connectivity index (χ0) is 59.1. The highest BCUT2D eigenvalue weighted by Gasteiger charge is 2.28. The van der Waals surface area contributed by atoms with E-state index in [-0.39, 0.29) is 49.4 Å². The Hall–Kier alpha value is -9.39. The number of fused-ring (bicyclic) bond motifs is 17. The van der Waals surface area contributed by atoms with E-state index in [2.05, 4.69) is 34.9 Å². The first kappa shape index (κ1) is 25.5. The average Bonchev–Trinajstić information content (AvgIpc) is 1.97. The molecule has 0 spiro atoms. The number of hydrogen-bond acceptors (Lipinski definition) is 3. The van der Waals surface area contributed by atoms with Crippen molar-refractivity contribution >= 4 is 65.4 Å². The summed E-state index contributed by atoms with van der Waals surface area (Å²) in [4.78, 5) is 15.6. The van der Waals surface area contributed by atoms with Crippen LogP contribution < -0.4 is 0 Å². The van der Waals surface area contributed by atoms with Gasteiger partial charge >= 0.3 is 0 Å². The molecule has 4 aromatic heterocycles. The molecule has 15 rings (SSSR count). The van der Waals surface area contributed by atoms with Crippen LogP contribution in [0.5, 0.6) is 0 Å². The van der Waals surface area contributed by atoms with Crippen molar-refractivity contribution in [3.63, 3.8) is 0 Å². The molecule has 0 saturated carbocycles. The summed E-state index contributed by atoms with van der Waals surface area (Å²) in [6.07, 6.45) is 0. The Morgan fingerprint density at radius 1 is 0.275 bits per heavy atom. The predicted octanol–water partition coefficient (Wildman–Crippen LogP) is 15.8. The standard InChI is InChI=1S/C63H38N6/c1-2-20-40-39(19-1)41-21-3-5-23-43(41)51-37-53(60(38-52(51)44-24-6-4-22-42(40)44)67-54-31-13-7-25-45(54)46-26-8-14-32-55(46)67)61-64-62(68-56-33-15-9-27-47(56)48-28-10-16-34-57(48)68)66-63(65-61)69-58-35-17-11-29-49(58)50-30-12-18-36-59(50)69/h1-38H/i9D,10D,11D,12D,15D,16D,17D,18D,27D,28D,29D,30D,33D,34D,35D,36D. The molecule has 10 aromatic carbocycles. The minimum absolute atomic E-state index is 0.179. The van der Waals surface area contributed by atoms with Crippen LogP contribution >= 0.6 is 0 Å². The number of hydrogen-bond donors (Lipinski definition) is 0. The lowest BCUT2D eigenvalue weighted by Crippen LogP contribution is -2.11. The summed E-state index contributed by atoms with van der Waals surface area (Å²) < 4.78 is 151. The highest BCUT2D eigenvalue weighted by molar-refractivity contribution is 6.12. The van der Waals surface area contributed by atoms with E-state index >= 15 is 0 Å². The maximum atomic E-state index is 9.54. The molecule has 0 atom stereocenters. The van der Waals surface area contributed by atoms with Crippen LogP contribution in [0.1, 0.15) is 21.9 Å². The van der Waals surface area contributed by atoms with Gasteiger partial charge < -0.3 is 4.57 Å². The molecular formula is C63H38N6. The summed E-state index contributed by atoms with van der Waals surface area (Å²) in [6, 6.07) is 33.2. The smallest absolute Gasteiger partial charge is 0.240 e. The Morgan fingerprint density at radius 2 is 0.609 bits per heavy atom. The summed E-state index contributed by atoms with van der Waals surface area (Å²) in [5.74, 6) is -1.17. The fourth-order valence-electron chi connectivity index (χ4n) is 10.4. The van der Waals surface area contributed by atoms with E-state index in [1.807, 2.05) is 103 Å². The maximum absolute atomic E-state index is 9.54. The topological polar surface area (TPSA) is 53.5 Å². The second-order valence-corrected chi connectivity index (χ2v) is 16.7. The van der Waals surface area contributed by atoms with Crippen LogP contribution in [0.15, 0.2) is 230 Å². The molecule has 4 heterocycles. The zero-order valence-corrected chi connectivity index (χ0v) is 35.9. The second kappa shape index (κ2) is 14.6. The first-order chi connectivity index (χ1) is 40.9. The van der Waals surface area contributed by atoms with Crippen LogP contribution in [0.2, 0.25) is 0 Å². The van der Waals surface area contributed by atoms with Crippen molar-refractivity contribution in [1.29, 1.82) is 0 Å². The Labute approximate surface area is 418 Å². The monoisotopic (exact) mass is 894 g/mol. The van der Waals surface area contributed by atoms with E-state index in [1.54, 1.807) is 0 Å². The molecular weight excluding hydrogens is 841 g/mol. The zero-order valence-electron chi connectivity index (χ0n) is 51.9. The van der Waals surface area contributed by atoms with Gasteiger partial charge in [0.25, 0.3) is 0 Å². The van der Waals surface area contributed by atoms with Crippen molar-refractivity contribution < 1.29 is 21.9 Å². The molecule has 6 heteroatoms. The van der Waals surface area contributed by atoms with E-state index < -0.39 is 109 Å². The van der Waals surface area contributed by atoms with E-state index in [9.17, 15) is 11.0 Å².